The Bertz CT molecular complexity index is 678. The average Bonchev–Trinajstić information content (AvgIpc) is 3.15. The maximum absolute atomic E-state index is 12.2. The lowest BCUT2D eigenvalue weighted by molar-refractivity contribution is -0.138. The van der Waals surface area contributed by atoms with Gasteiger partial charge in [0, 0.05) is 17.1 Å². The summed E-state index contributed by atoms with van der Waals surface area (Å²) in [6.07, 6.45) is 7.35. The zero-order valence-electron chi connectivity index (χ0n) is 14.9. The summed E-state index contributed by atoms with van der Waals surface area (Å²) in [6.45, 7) is 5.15. The summed E-state index contributed by atoms with van der Waals surface area (Å²) < 4.78 is 10.5. The van der Waals surface area contributed by atoms with Gasteiger partial charge in [-0.05, 0) is 54.9 Å². The molecule has 0 aromatic carbocycles. The second-order valence-corrected chi connectivity index (χ2v) is 8.46. The van der Waals surface area contributed by atoms with Crippen LogP contribution in [0.15, 0.2) is 23.3 Å². The number of carbonyl (C=O) groups excluding carboxylic acids is 2. The summed E-state index contributed by atoms with van der Waals surface area (Å²) in [5, 5.41) is 10.8. The summed E-state index contributed by atoms with van der Waals surface area (Å²) in [5.74, 6) is -0.0161. The Labute approximate surface area is 148 Å². The van der Waals surface area contributed by atoms with Crippen LogP contribution < -0.4 is 0 Å². The van der Waals surface area contributed by atoms with Crippen LogP contribution in [0.25, 0.3) is 0 Å². The monoisotopic (exact) mass is 346 g/mol. The third-order valence-corrected chi connectivity index (χ3v) is 7.38. The van der Waals surface area contributed by atoms with E-state index in [2.05, 4.69) is 13.8 Å². The van der Waals surface area contributed by atoms with E-state index in [9.17, 15) is 14.7 Å². The first-order valence-electron chi connectivity index (χ1n) is 9.29. The van der Waals surface area contributed by atoms with Crippen LogP contribution in [0.3, 0.4) is 0 Å². The number of hydrogen-bond acceptors (Lipinski definition) is 5. The number of ether oxygens (including phenoxy) is 2. The molecule has 0 aromatic rings. The van der Waals surface area contributed by atoms with Crippen molar-refractivity contribution in [1.82, 2.24) is 0 Å². The summed E-state index contributed by atoms with van der Waals surface area (Å²) in [5.41, 5.74) is 1.36. The minimum Gasteiger partial charge on any atom is -0.461 e. The highest BCUT2D eigenvalue weighted by molar-refractivity contribution is 5.92. The molecule has 0 aromatic heterocycles. The Morgan fingerprint density at radius 1 is 1.32 bits per heavy atom. The van der Waals surface area contributed by atoms with Crippen LogP contribution in [0, 0.1) is 22.7 Å². The van der Waals surface area contributed by atoms with Crippen LogP contribution >= 0.6 is 0 Å². The summed E-state index contributed by atoms with van der Waals surface area (Å²) in [4.78, 5) is 23.5. The molecule has 25 heavy (non-hydrogen) atoms. The van der Waals surface area contributed by atoms with Crippen molar-refractivity contribution in [2.24, 2.45) is 22.7 Å². The predicted octanol–water partition coefficient (Wildman–Crippen LogP) is 2.54. The molecule has 1 N–H and O–H groups in total. The summed E-state index contributed by atoms with van der Waals surface area (Å²) in [7, 11) is 0. The molecule has 1 saturated heterocycles. The van der Waals surface area contributed by atoms with E-state index in [1.165, 1.54) is 0 Å². The minimum absolute atomic E-state index is 0.113. The van der Waals surface area contributed by atoms with Gasteiger partial charge in [-0.25, -0.2) is 9.59 Å². The Balaban J connectivity index is 1.66. The van der Waals surface area contributed by atoms with Crippen LogP contribution in [0.2, 0.25) is 0 Å². The molecule has 4 aliphatic rings. The minimum atomic E-state index is -0.451. The van der Waals surface area contributed by atoms with Gasteiger partial charge in [0.25, 0.3) is 0 Å². The fourth-order valence-corrected chi connectivity index (χ4v) is 5.77. The molecule has 5 heteroatoms. The Hall–Kier alpha value is -1.62. The molecule has 1 saturated carbocycles. The highest BCUT2D eigenvalue weighted by atomic mass is 16.5. The van der Waals surface area contributed by atoms with Crippen molar-refractivity contribution in [1.29, 1.82) is 0 Å². The number of cyclic esters (lactones) is 2. The highest BCUT2D eigenvalue weighted by Gasteiger charge is 2.63. The van der Waals surface area contributed by atoms with Crippen LogP contribution in [0.4, 0.5) is 0 Å². The largest absolute Gasteiger partial charge is 0.461 e. The first kappa shape index (κ1) is 16.8. The van der Waals surface area contributed by atoms with Gasteiger partial charge in [-0.1, -0.05) is 19.9 Å². The Morgan fingerprint density at radius 2 is 2.12 bits per heavy atom. The number of aliphatic hydroxyl groups excluding tert-OH is 1. The number of hydrogen-bond donors (Lipinski definition) is 1. The molecule has 136 valence electrons. The molecule has 5 atom stereocenters. The van der Waals surface area contributed by atoms with Crippen molar-refractivity contribution in [2.45, 2.75) is 52.1 Å². The van der Waals surface area contributed by atoms with E-state index in [1.807, 2.05) is 6.08 Å². The topological polar surface area (TPSA) is 72.8 Å². The van der Waals surface area contributed by atoms with E-state index in [4.69, 9.17) is 9.47 Å². The lowest BCUT2D eigenvalue weighted by Gasteiger charge is -2.58. The third kappa shape index (κ3) is 2.39. The van der Waals surface area contributed by atoms with E-state index in [-0.39, 0.29) is 28.7 Å². The molecule has 0 bridgehead atoms. The quantitative estimate of drug-likeness (QED) is 0.795. The van der Waals surface area contributed by atoms with Crippen LogP contribution in [-0.4, -0.2) is 36.4 Å². The van der Waals surface area contributed by atoms with Crippen molar-refractivity contribution in [3.05, 3.63) is 23.3 Å². The molecule has 2 aliphatic carbocycles. The van der Waals surface area contributed by atoms with E-state index in [1.54, 1.807) is 6.08 Å². The van der Waals surface area contributed by atoms with Crippen molar-refractivity contribution in [2.75, 3.05) is 13.2 Å². The second-order valence-electron chi connectivity index (χ2n) is 8.46. The number of carbonyl (C=O) groups is 2. The van der Waals surface area contributed by atoms with Crippen molar-refractivity contribution < 1.29 is 24.2 Å². The van der Waals surface area contributed by atoms with Gasteiger partial charge in [-0.3, -0.25) is 0 Å². The van der Waals surface area contributed by atoms with Gasteiger partial charge >= 0.3 is 11.9 Å². The normalized spacial score (nSPS) is 42.9. The fourth-order valence-electron chi connectivity index (χ4n) is 5.77. The number of aliphatic hydroxyl groups is 1. The second kappa shape index (κ2) is 5.70. The van der Waals surface area contributed by atoms with Crippen LogP contribution in [-0.2, 0) is 19.1 Å². The predicted molar refractivity (Wildman–Crippen MR) is 90.4 cm³/mol. The number of rotatable bonds is 3. The summed E-state index contributed by atoms with van der Waals surface area (Å²) >= 11 is 0. The lowest BCUT2D eigenvalue weighted by Crippen LogP contribution is -2.56. The van der Waals surface area contributed by atoms with Gasteiger partial charge in [0.2, 0.25) is 0 Å². The zero-order chi connectivity index (χ0) is 17.8. The van der Waals surface area contributed by atoms with Crippen molar-refractivity contribution in [3.63, 3.8) is 0 Å². The smallest absolute Gasteiger partial charge is 0.334 e. The van der Waals surface area contributed by atoms with E-state index < -0.39 is 6.10 Å². The van der Waals surface area contributed by atoms with Crippen molar-refractivity contribution in [3.8, 4) is 0 Å². The average molecular weight is 346 g/mol. The van der Waals surface area contributed by atoms with Gasteiger partial charge in [0.15, 0.2) is 0 Å². The first-order chi connectivity index (χ1) is 11.9. The van der Waals surface area contributed by atoms with Gasteiger partial charge in [-0.2, -0.15) is 0 Å². The van der Waals surface area contributed by atoms with Gasteiger partial charge in [0.1, 0.15) is 13.2 Å². The zero-order valence-corrected chi connectivity index (χ0v) is 14.9. The van der Waals surface area contributed by atoms with Gasteiger partial charge in [0.05, 0.1) is 6.10 Å². The molecule has 0 radical (unpaired) electrons. The van der Waals surface area contributed by atoms with E-state index in [0.29, 0.717) is 25.6 Å². The highest BCUT2D eigenvalue weighted by Crippen LogP contribution is 2.63. The fraction of sp³-hybridized carbons (Fsp3) is 0.700. The molecular formula is C20H26O5. The maximum Gasteiger partial charge on any atom is 0.334 e. The van der Waals surface area contributed by atoms with Gasteiger partial charge < -0.3 is 14.6 Å². The molecule has 4 rings (SSSR count). The SMILES string of the molecule is C[C@@H]1[C@H](O)C[C@@]23COC(=O)C2=CCC[C@@H]3[C@]1(C)CCC1=CC(=O)OC1. The van der Waals surface area contributed by atoms with E-state index >= 15 is 0 Å². The third-order valence-electron chi connectivity index (χ3n) is 7.38. The molecule has 5 nitrogen and oxygen atoms in total. The summed E-state index contributed by atoms with van der Waals surface area (Å²) in [6, 6.07) is 0. The molecule has 2 aliphatic heterocycles. The first-order valence-corrected chi connectivity index (χ1v) is 9.29. The number of allylic oxidation sites excluding steroid dienone is 1. The lowest BCUT2D eigenvalue weighted by atomic mass is 9.46. The van der Waals surface area contributed by atoms with E-state index in [0.717, 1.165) is 36.8 Å². The van der Waals surface area contributed by atoms with Crippen LogP contribution in [0.5, 0.6) is 0 Å². The number of esters is 2. The molecule has 0 unspecified atom stereocenters. The van der Waals surface area contributed by atoms with Gasteiger partial charge in [-0.15, -0.1) is 0 Å². The van der Waals surface area contributed by atoms with Crippen LogP contribution in [0.1, 0.15) is 46.0 Å². The Kier molecular flexibility index (Phi) is 3.83. The Morgan fingerprint density at radius 3 is 2.84 bits per heavy atom. The molecule has 1 spiro atoms. The molecular weight excluding hydrogens is 320 g/mol. The molecule has 2 fully saturated rings. The molecule has 0 amide bonds. The van der Waals surface area contributed by atoms with Crippen molar-refractivity contribution >= 4 is 11.9 Å². The molecule has 2 heterocycles. The standard InChI is InChI=1S/C20H26O5/c1-12-15(21)9-20-11-25-18(23)14(20)4-3-5-16(20)19(12,2)7-6-13-8-17(22)24-10-13/h4,8,12,15-16,21H,3,5-7,9-11H2,1-2H3/t12-,15-,16-,19-,20-/m1/s1. The maximum atomic E-state index is 12.2.